The number of ether oxygens (including phenoxy) is 1. The molecule has 0 atom stereocenters. The molecule has 0 bridgehead atoms. The van der Waals surface area contributed by atoms with E-state index >= 15 is 0 Å². The normalized spacial score (nSPS) is 11.3. The van der Waals surface area contributed by atoms with Gasteiger partial charge in [-0.2, -0.15) is 13.2 Å². The van der Waals surface area contributed by atoms with Gasteiger partial charge in [-0.15, -0.1) is 11.8 Å². The van der Waals surface area contributed by atoms with Crippen LogP contribution in [-0.2, 0) is 15.7 Å². The van der Waals surface area contributed by atoms with Gasteiger partial charge < -0.3 is 10.5 Å². The second-order valence-electron chi connectivity index (χ2n) is 3.12. The van der Waals surface area contributed by atoms with Gasteiger partial charge in [-0.05, 0) is 18.2 Å². The van der Waals surface area contributed by atoms with Crippen molar-refractivity contribution >= 4 is 23.4 Å². The highest BCUT2D eigenvalue weighted by molar-refractivity contribution is 8.00. The van der Waals surface area contributed by atoms with E-state index in [2.05, 4.69) is 4.74 Å². The minimum Gasteiger partial charge on any atom is -0.468 e. The van der Waals surface area contributed by atoms with Crippen LogP contribution in [0, 0.1) is 0 Å². The van der Waals surface area contributed by atoms with Crippen molar-refractivity contribution in [3.05, 3.63) is 23.8 Å². The average Bonchev–Trinajstić information content (AvgIpc) is 2.25. The average molecular weight is 265 g/mol. The Morgan fingerprint density at radius 2 is 2.12 bits per heavy atom. The highest BCUT2D eigenvalue weighted by Crippen LogP contribution is 2.37. The molecule has 7 heteroatoms. The molecule has 17 heavy (non-hydrogen) atoms. The third-order valence-electron chi connectivity index (χ3n) is 1.88. The Balaban J connectivity index is 2.95. The standard InChI is InChI=1S/C10H10F3NO2S/c1-16-9(15)5-17-8-3-2-6(14)4-7(8)10(11,12)13/h2-4H,5,14H2,1H3. The third kappa shape index (κ3) is 3.85. The van der Waals surface area contributed by atoms with E-state index in [9.17, 15) is 18.0 Å². The van der Waals surface area contributed by atoms with Crippen molar-refractivity contribution in [1.29, 1.82) is 0 Å². The first-order chi connectivity index (χ1) is 7.84. The molecule has 0 spiro atoms. The van der Waals surface area contributed by atoms with Crippen molar-refractivity contribution in [3.8, 4) is 0 Å². The molecule has 1 aromatic carbocycles. The minimum atomic E-state index is -4.49. The van der Waals surface area contributed by atoms with Crippen molar-refractivity contribution in [3.63, 3.8) is 0 Å². The first-order valence-corrected chi connectivity index (χ1v) is 5.49. The van der Waals surface area contributed by atoms with Crippen molar-refractivity contribution in [1.82, 2.24) is 0 Å². The SMILES string of the molecule is COC(=O)CSc1ccc(N)cc1C(F)(F)F. The molecular formula is C10H10F3NO2S. The number of methoxy groups -OCH3 is 1. The van der Waals surface area contributed by atoms with Gasteiger partial charge in [0.1, 0.15) is 0 Å². The molecule has 1 rings (SSSR count). The Kier molecular flexibility index (Phi) is 4.28. The number of alkyl halides is 3. The molecule has 0 aromatic heterocycles. The summed E-state index contributed by atoms with van der Waals surface area (Å²) < 4.78 is 42.3. The first kappa shape index (κ1) is 13.7. The molecule has 0 amide bonds. The summed E-state index contributed by atoms with van der Waals surface area (Å²) in [6.07, 6.45) is -4.49. The van der Waals surface area contributed by atoms with Crippen LogP contribution < -0.4 is 5.73 Å². The maximum Gasteiger partial charge on any atom is 0.417 e. The predicted octanol–water partition coefficient (Wildman–Crippen LogP) is 2.55. The summed E-state index contributed by atoms with van der Waals surface area (Å²) >= 11 is 0.765. The van der Waals surface area contributed by atoms with E-state index in [0.29, 0.717) is 0 Å². The van der Waals surface area contributed by atoms with Gasteiger partial charge in [-0.25, -0.2) is 0 Å². The number of nitrogen functional groups attached to an aromatic ring is 1. The number of benzene rings is 1. The maximum absolute atomic E-state index is 12.6. The summed E-state index contributed by atoms with van der Waals surface area (Å²) in [7, 11) is 1.18. The topological polar surface area (TPSA) is 52.3 Å². The fourth-order valence-corrected chi connectivity index (χ4v) is 1.98. The molecule has 1 aromatic rings. The first-order valence-electron chi connectivity index (χ1n) is 4.51. The monoisotopic (exact) mass is 265 g/mol. The maximum atomic E-state index is 12.6. The summed E-state index contributed by atoms with van der Waals surface area (Å²) in [5.74, 6) is -0.760. The number of nitrogens with two attached hydrogens (primary N) is 1. The molecule has 2 N–H and O–H groups in total. The lowest BCUT2D eigenvalue weighted by molar-refractivity contribution is -0.140. The van der Waals surface area contributed by atoms with E-state index in [-0.39, 0.29) is 16.3 Å². The van der Waals surface area contributed by atoms with Crippen LogP contribution in [0.25, 0.3) is 0 Å². The minimum absolute atomic E-state index is 0.0275. The van der Waals surface area contributed by atoms with Gasteiger partial charge in [0, 0.05) is 10.6 Å². The summed E-state index contributed by atoms with van der Waals surface area (Å²) in [5.41, 5.74) is 4.49. The van der Waals surface area contributed by atoms with Crippen LogP contribution in [0.15, 0.2) is 23.1 Å². The predicted molar refractivity (Wildman–Crippen MR) is 58.6 cm³/mol. The molecule has 0 heterocycles. The zero-order chi connectivity index (χ0) is 13.1. The van der Waals surface area contributed by atoms with Crippen LogP contribution in [0.3, 0.4) is 0 Å². The number of hydrogen-bond acceptors (Lipinski definition) is 4. The van der Waals surface area contributed by atoms with Gasteiger partial charge in [0.15, 0.2) is 0 Å². The Morgan fingerprint density at radius 3 is 2.65 bits per heavy atom. The lowest BCUT2D eigenvalue weighted by atomic mass is 10.2. The largest absolute Gasteiger partial charge is 0.468 e. The molecule has 0 fully saturated rings. The van der Waals surface area contributed by atoms with E-state index in [1.165, 1.54) is 19.2 Å². The third-order valence-corrected chi connectivity index (χ3v) is 2.93. The lowest BCUT2D eigenvalue weighted by Crippen LogP contribution is -2.09. The molecule has 0 aliphatic heterocycles. The second-order valence-corrected chi connectivity index (χ2v) is 4.14. The number of hydrogen-bond donors (Lipinski definition) is 1. The van der Waals surface area contributed by atoms with E-state index in [1.807, 2.05) is 0 Å². The van der Waals surface area contributed by atoms with Gasteiger partial charge in [0.05, 0.1) is 18.4 Å². The van der Waals surface area contributed by atoms with Gasteiger partial charge >= 0.3 is 12.1 Å². The van der Waals surface area contributed by atoms with Crippen LogP contribution in [0.2, 0.25) is 0 Å². The van der Waals surface area contributed by atoms with Crippen LogP contribution >= 0.6 is 11.8 Å². The molecule has 0 saturated carbocycles. The zero-order valence-corrected chi connectivity index (χ0v) is 9.69. The Bertz CT molecular complexity index is 421. The number of carbonyl (C=O) groups is 1. The van der Waals surface area contributed by atoms with Crippen LogP contribution in [0.4, 0.5) is 18.9 Å². The van der Waals surface area contributed by atoms with E-state index in [1.54, 1.807) is 0 Å². The Morgan fingerprint density at radius 1 is 1.47 bits per heavy atom. The Labute approximate surface area is 100 Å². The lowest BCUT2D eigenvalue weighted by Gasteiger charge is -2.12. The zero-order valence-electron chi connectivity index (χ0n) is 8.88. The van der Waals surface area contributed by atoms with Crippen LogP contribution in [-0.4, -0.2) is 18.8 Å². The highest BCUT2D eigenvalue weighted by Gasteiger charge is 2.33. The van der Waals surface area contributed by atoms with Crippen molar-refractivity contribution in [2.75, 3.05) is 18.6 Å². The van der Waals surface area contributed by atoms with E-state index < -0.39 is 17.7 Å². The number of rotatable bonds is 3. The molecule has 0 aliphatic rings. The molecule has 94 valence electrons. The quantitative estimate of drug-likeness (QED) is 0.518. The Hall–Kier alpha value is -1.37. The smallest absolute Gasteiger partial charge is 0.417 e. The van der Waals surface area contributed by atoms with Gasteiger partial charge in [0.2, 0.25) is 0 Å². The van der Waals surface area contributed by atoms with Crippen molar-refractivity contribution < 1.29 is 22.7 Å². The van der Waals surface area contributed by atoms with Gasteiger partial charge in [0.25, 0.3) is 0 Å². The number of anilines is 1. The van der Waals surface area contributed by atoms with Crippen molar-refractivity contribution in [2.24, 2.45) is 0 Å². The van der Waals surface area contributed by atoms with E-state index in [0.717, 1.165) is 17.8 Å². The fraction of sp³-hybridized carbons (Fsp3) is 0.300. The molecule has 3 nitrogen and oxygen atoms in total. The number of thioether (sulfide) groups is 1. The van der Waals surface area contributed by atoms with Crippen LogP contribution in [0.1, 0.15) is 5.56 Å². The number of esters is 1. The molecule has 0 radical (unpaired) electrons. The second kappa shape index (κ2) is 5.31. The molecule has 0 saturated heterocycles. The van der Waals surface area contributed by atoms with Gasteiger partial charge in [-0.3, -0.25) is 4.79 Å². The summed E-state index contributed by atoms with van der Waals surface area (Å²) in [4.78, 5) is 10.8. The number of carbonyl (C=O) groups excluding carboxylic acids is 1. The van der Waals surface area contributed by atoms with Gasteiger partial charge in [-0.1, -0.05) is 0 Å². The highest BCUT2D eigenvalue weighted by atomic mass is 32.2. The van der Waals surface area contributed by atoms with E-state index in [4.69, 9.17) is 5.73 Å². The molecule has 0 unspecified atom stereocenters. The van der Waals surface area contributed by atoms with Crippen LogP contribution in [0.5, 0.6) is 0 Å². The summed E-state index contributed by atoms with van der Waals surface area (Å²) in [5, 5.41) is 0. The number of halogens is 3. The summed E-state index contributed by atoms with van der Waals surface area (Å²) in [6, 6.07) is 3.44. The fourth-order valence-electron chi connectivity index (χ4n) is 1.09. The van der Waals surface area contributed by atoms with Crippen molar-refractivity contribution in [2.45, 2.75) is 11.1 Å². The summed E-state index contributed by atoms with van der Waals surface area (Å²) in [6.45, 7) is 0. The molecule has 0 aliphatic carbocycles. The molecular weight excluding hydrogens is 255 g/mol.